The number of carbonyl (C=O) groups is 2. The third-order valence-corrected chi connectivity index (χ3v) is 2.01. The first-order chi connectivity index (χ1) is 5.72. The summed E-state index contributed by atoms with van der Waals surface area (Å²) in [6.45, 7) is 2.97. The maximum atomic E-state index is 10.7. The Bertz CT molecular complexity index is 182. The second-order valence-electron chi connectivity index (χ2n) is 3.14. The van der Waals surface area contributed by atoms with Gasteiger partial charge in [0.25, 0.3) is 0 Å². The SMILES string of the molecule is CC(=O)NC1CCCN(C=O)C1. The summed E-state index contributed by atoms with van der Waals surface area (Å²) in [4.78, 5) is 22.8. The van der Waals surface area contributed by atoms with E-state index < -0.39 is 0 Å². The lowest BCUT2D eigenvalue weighted by Gasteiger charge is -2.29. The fourth-order valence-corrected chi connectivity index (χ4v) is 1.51. The molecule has 1 unspecified atom stereocenters. The van der Waals surface area contributed by atoms with E-state index >= 15 is 0 Å². The third-order valence-electron chi connectivity index (χ3n) is 2.01. The van der Waals surface area contributed by atoms with Crippen LogP contribution in [-0.4, -0.2) is 36.3 Å². The Balaban J connectivity index is 2.35. The van der Waals surface area contributed by atoms with Crippen molar-refractivity contribution in [1.82, 2.24) is 10.2 Å². The zero-order chi connectivity index (χ0) is 8.97. The van der Waals surface area contributed by atoms with Crippen LogP contribution in [0.4, 0.5) is 0 Å². The maximum absolute atomic E-state index is 10.7. The number of carbonyl (C=O) groups excluding carboxylic acids is 2. The molecular weight excluding hydrogens is 156 g/mol. The summed E-state index contributed by atoms with van der Waals surface area (Å²) in [7, 11) is 0. The van der Waals surface area contributed by atoms with Crippen LogP contribution in [0.15, 0.2) is 0 Å². The molecule has 1 fully saturated rings. The van der Waals surface area contributed by atoms with Crippen LogP contribution in [0.2, 0.25) is 0 Å². The average molecular weight is 170 g/mol. The highest BCUT2D eigenvalue weighted by atomic mass is 16.1. The Morgan fingerprint density at radius 3 is 3.00 bits per heavy atom. The van der Waals surface area contributed by atoms with Crippen molar-refractivity contribution < 1.29 is 9.59 Å². The summed E-state index contributed by atoms with van der Waals surface area (Å²) in [6.07, 6.45) is 2.79. The fourth-order valence-electron chi connectivity index (χ4n) is 1.51. The lowest BCUT2D eigenvalue weighted by atomic mass is 10.1. The van der Waals surface area contributed by atoms with E-state index in [1.54, 1.807) is 4.90 Å². The molecule has 1 rings (SSSR count). The van der Waals surface area contributed by atoms with Gasteiger partial charge in [-0.3, -0.25) is 9.59 Å². The zero-order valence-corrected chi connectivity index (χ0v) is 7.25. The second kappa shape index (κ2) is 4.09. The average Bonchev–Trinajstić information content (AvgIpc) is 2.03. The molecule has 1 saturated heterocycles. The number of hydrogen-bond acceptors (Lipinski definition) is 2. The molecule has 0 bridgehead atoms. The first kappa shape index (κ1) is 9.03. The summed E-state index contributed by atoms with van der Waals surface area (Å²) in [5.74, 6) is -0.0206. The van der Waals surface area contributed by atoms with Crippen LogP contribution in [0.5, 0.6) is 0 Å². The first-order valence-electron chi connectivity index (χ1n) is 4.19. The van der Waals surface area contributed by atoms with Gasteiger partial charge in [0.2, 0.25) is 12.3 Å². The van der Waals surface area contributed by atoms with Gasteiger partial charge in [-0.1, -0.05) is 0 Å². The lowest BCUT2D eigenvalue weighted by molar-refractivity contribution is -0.123. The number of hydrogen-bond donors (Lipinski definition) is 1. The van der Waals surface area contributed by atoms with Crippen molar-refractivity contribution in [3.8, 4) is 0 Å². The standard InChI is InChI=1S/C8H14N2O2/c1-7(12)9-8-3-2-4-10(5-8)6-11/h6,8H,2-5H2,1H3,(H,9,12). The minimum Gasteiger partial charge on any atom is -0.352 e. The monoisotopic (exact) mass is 170 g/mol. The van der Waals surface area contributed by atoms with Gasteiger partial charge < -0.3 is 10.2 Å². The highest BCUT2D eigenvalue weighted by Gasteiger charge is 2.18. The van der Waals surface area contributed by atoms with Gasteiger partial charge in [0, 0.05) is 26.1 Å². The summed E-state index contributed by atoms with van der Waals surface area (Å²) < 4.78 is 0. The van der Waals surface area contributed by atoms with Crippen LogP contribution < -0.4 is 5.32 Å². The Morgan fingerprint density at radius 2 is 2.42 bits per heavy atom. The molecule has 68 valence electrons. The van der Waals surface area contributed by atoms with Gasteiger partial charge >= 0.3 is 0 Å². The molecule has 0 radical (unpaired) electrons. The number of piperidine rings is 1. The van der Waals surface area contributed by atoms with Crippen LogP contribution in [0.3, 0.4) is 0 Å². The predicted molar refractivity (Wildman–Crippen MR) is 44.5 cm³/mol. The summed E-state index contributed by atoms with van der Waals surface area (Å²) in [5.41, 5.74) is 0. The van der Waals surface area contributed by atoms with Crippen LogP contribution in [0.1, 0.15) is 19.8 Å². The zero-order valence-electron chi connectivity index (χ0n) is 7.25. The van der Waals surface area contributed by atoms with Crippen molar-refractivity contribution in [3.05, 3.63) is 0 Å². The first-order valence-corrected chi connectivity index (χ1v) is 4.19. The van der Waals surface area contributed by atoms with Crippen molar-refractivity contribution in [2.75, 3.05) is 13.1 Å². The van der Waals surface area contributed by atoms with Crippen LogP contribution in [-0.2, 0) is 9.59 Å². The molecule has 0 aromatic rings. The second-order valence-corrected chi connectivity index (χ2v) is 3.14. The maximum Gasteiger partial charge on any atom is 0.217 e. The Kier molecular flexibility index (Phi) is 3.08. The van der Waals surface area contributed by atoms with Gasteiger partial charge in [-0.2, -0.15) is 0 Å². The molecular formula is C8H14N2O2. The molecule has 4 heteroatoms. The quantitative estimate of drug-likeness (QED) is 0.581. The van der Waals surface area contributed by atoms with E-state index in [1.807, 2.05) is 0 Å². The van der Waals surface area contributed by atoms with Crippen LogP contribution >= 0.6 is 0 Å². The molecule has 0 saturated carbocycles. The van der Waals surface area contributed by atoms with Crippen molar-refractivity contribution in [2.24, 2.45) is 0 Å². The van der Waals surface area contributed by atoms with Gasteiger partial charge in [-0.15, -0.1) is 0 Å². The van der Waals surface area contributed by atoms with Crippen molar-refractivity contribution in [2.45, 2.75) is 25.8 Å². The van der Waals surface area contributed by atoms with E-state index in [9.17, 15) is 9.59 Å². The number of rotatable bonds is 2. The van der Waals surface area contributed by atoms with Crippen molar-refractivity contribution in [1.29, 1.82) is 0 Å². The van der Waals surface area contributed by atoms with E-state index in [2.05, 4.69) is 5.32 Å². The van der Waals surface area contributed by atoms with E-state index in [1.165, 1.54) is 6.92 Å². The molecule has 0 spiro atoms. The van der Waals surface area contributed by atoms with Crippen LogP contribution in [0, 0.1) is 0 Å². The van der Waals surface area contributed by atoms with Gasteiger partial charge in [0.15, 0.2) is 0 Å². The van der Waals surface area contributed by atoms with Gasteiger partial charge in [0.1, 0.15) is 0 Å². The third kappa shape index (κ3) is 2.53. The highest BCUT2D eigenvalue weighted by Crippen LogP contribution is 2.07. The van der Waals surface area contributed by atoms with Gasteiger partial charge in [-0.25, -0.2) is 0 Å². The van der Waals surface area contributed by atoms with E-state index in [0.717, 1.165) is 25.8 Å². The van der Waals surface area contributed by atoms with Gasteiger partial charge in [-0.05, 0) is 12.8 Å². The normalized spacial score (nSPS) is 23.4. The Hall–Kier alpha value is -1.06. The molecule has 0 aromatic carbocycles. The van der Waals surface area contributed by atoms with Crippen molar-refractivity contribution >= 4 is 12.3 Å². The highest BCUT2D eigenvalue weighted by molar-refractivity contribution is 5.73. The van der Waals surface area contributed by atoms with Crippen LogP contribution in [0.25, 0.3) is 0 Å². The largest absolute Gasteiger partial charge is 0.352 e. The molecule has 1 N–H and O–H groups in total. The number of nitrogens with zero attached hydrogens (tertiary/aromatic N) is 1. The summed E-state index contributed by atoms with van der Waals surface area (Å²) in [5, 5.41) is 2.81. The molecule has 1 atom stereocenters. The lowest BCUT2D eigenvalue weighted by Crippen LogP contribution is -2.46. The number of amides is 2. The minimum absolute atomic E-state index is 0.0206. The minimum atomic E-state index is -0.0206. The van der Waals surface area contributed by atoms with Crippen molar-refractivity contribution in [3.63, 3.8) is 0 Å². The molecule has 2 amide bonds. The number of nitrogens with one attached hydrogen (secondary N) is 1. The Labute approximate surface area is 71.9 Å². The summed E-state index contributed by atoms with van der Waals surface area (Å²) >= 11 is 0. The molecule has 1 aliphatic rings. The van der Waals surface area contributed by atoms with E-state index in [-0.39, 0.29) is 11.9 Å². The fraction of sp³-hybridized carbons (Fsp3) is 0.750. The summed E-state index contributed by atoms with van der Waals surface area (Å²) in [6, 6.07) is 0.154. The topological polar surface area (TPSA) is 49.4 Å². The Morgan fingerprint density at radius 1 is 1.67 bits per heavy atom. The molecule has 1 heterocycles. The van der Waals surface area contributed by atoms with E-state index in [4.69, 9.17) is 0 Å². The van der Waals surface area contributed by atoms with Gasteiger partial charge in [0.05, 0.1) is 0 Å². The number of likely N-dealkylation sites (tertiary alicyclic amines) is 1. The smallest absolute Gasteiger partial charge is 0.217 e. The molecule has 4 nitrogen and oxygen atoms in total. The molecule has 0 aliphatic carbocycles. The predicted octanol–water partition coefficient (Wildman–Crippen LogP) is -0.257. The molecule has 0 aromatic heterocycles. The molecule has 1 aliphatic heterocycles. The van der Waals surface area contributed by atoms with E-state index in [0.29, 0.717) is 6.54 Å². The molecule has 12 heavy (non-hydrogen) atoms.